The molecule has 2 amide bonds. The summed E-state index contributed by atoms with van der Waals surface area (Å²) < 4.78 is 13.3. The number of benzene rings is 1. The molecular formula is C21H19ClFN7O2. The summed E-state index contributed by atoms with van der Waals surface area (Å²) in [6, 6.07) is 8.78. The fourth-order valence-electron chi connectivity index (χ4n) is 2.85. The van der Waals surface area contributed by atoms with Crippen LogP contribution < -0.4 is 16.8 Å². The Morgan fingerprint density at radius 3 is 2.53 bits per heavy atom. The summed E-state index contributed by atoms with van der Waals surface area (Å²) >= 11 is 6.17. The molecule has 0 aliphatic heterocycles. The van der Waals surface area contributed by atoms with Crippen molar-refractivity contribution in [1.29, 1.82) is 5.41 Å². The quantitative estimate of drug-likeness (QED) is 0.331. The molecule has 3 rings (SSSR count). The number of pyridine rings is 2. The highest BCUT2D eigenvalue weighted by atomic mass is 35.5. The van der Waals surface area contributed by atoms with Crippen molar-refractivity contribution in [1.82, 2.24) is 14.9 Å². The van der Waals surface area contributed by atoms with E-state index in [2.05, 4.69) is 15.3 Å². The highest BCUT2D eigenvalue weighted by Crippen LogP contribution is 2.24. The van der Waals surface area contributed by atoms with E-state index in [0.717, 1.165) is 6.21 Å². The summed E-state index contributed by atoms with van der Waals surface area (Å²) in [7, 11) is 0. The van der Waals surface area contributed by atoms with Crippen molar-refractivity contribution in [3.8, 4) is 0 Å². The van der Waals surface area contributed by atoms with E-state index in [1.54, 1.807) is 12.1 Å². The highest BCUT2D eigenvalue weighted by molar-refractivity contribution is 6.40. The molecule has 0 fully saturated rings. The summed E-state index contributed by atoms with van der Waals surface area (Å²) in [6.45, 7) is -0.0643. The number of anilines is 3. The standard InChI is InChI=1S/C21H19ClFN7O2/c22-15-2-1-7-27-17(15)11-30(10-12-3-5-13(23)6-4-12)21(32)20(31)29-16-9-28-19(26)14(8-24)18(16)25/h1-9,24H,10-11H2,(H,29,31)(H4,25,26,28). The molecule has 0 saturated carbocycles. The zero-order valence-corrected chi connectivity index (χ0v) is 17.4. The van der Waals surface area contributed by atoms with E-state index in [-0.39, 0.29) is 35.8 Å². The van der Waals surface area contributed by atoms with E-state index in [4.69, 9.17) is 28.5 Å². The van der Waals surface area contributed by atoms with Gasteiger partial charge in [0.15, 0.2) is 0 Å². The van der Waals surface area contributed by atoms with Crippen molar-refractivity contribution in [3.63, 3.8) is 0 Å². The topological polar surface area (TPSA) is 151 Å². The van der Waals surface area contributed by atoms with Crippen LogP contribution in [0.15, 0.2) is 48.8 Å². The lowest BCUT2D eigenvalue weighted by Gasteiger charge is -2.22. The van der Waals surface area contributed by atoms with E-state index in [1.165, 1.54) is 41.6 Å². The van der Waals surface area contributed by atoms with Gasteiger partial charge < -0.3 is 27.1 Å². The first-order valence-corrected chi connectivity index (χ1v) is 9.66. The fraction of sp³-hybridized carbons (Fsp3) is 0.0952. The molecule has 0 aliphatic carbocycles. The van der Waals surface area contributed by atoms with Gasteiger partial charge in [0.25, 0.3) is 0 Å². The molecule has 0 bridgehead atoms. The number of carbonyl (C=O) groups is 2. The van der Waals surface area contributed by atoms with Crippen LogP contribution in [0.5, 0.6) is 0 Å². The zero-order valence-electron chi connectivity index (χ0n) is 16.7. The minimum absolute atomic E-state index is 0.000649. The van der Waals surface area contributed by atoms with Crippen LogP contribution in [0.25, 0.3) is 0 Å². The number of nitrogen functional groups attached to an aromatic ring is 2. The van der Waals surface area contributed by atoms with Crippen LogP contribution in [-0.2, 0) is 22.7 Å². The van der Waals surface area contributed by atoms with Crippen LogP contribution in [0.1, 0.15) is 16.8 Å². The van der Waals surface area contributed by atoms with Gasteiger partial charge in [-0.05, 0) is 29.8 Å². The Morgan fingerprint density at radius 2 is 1.88 bits per heavy atom. The molecule has 0 aliphatic rings. The summed E-state index contributed by atoms with van der Waals surface area (Å²) in [5.74, 6) is -2.30. The van der Waals surface area contributed by atoms with Crippen molar-refractivity contribution in [3.05, 3.63) is 76.5 Å². The summed E-state index contributed by atoms with van der Waals surface area (Å²) in [4.78, 5) is 35.0. The van der Waals surface area contributed by atoms with Gasteiger partial charge in [0.2, 0.25) is 0 Å². The molecule has 0 saturated heterocycles. The maximum absolute atomic E-state index is 13.3. The maximum Gasteiger partial charge on any atom is 0.314 e. The second kappa shape index (κ2) is 9.84. The Balaban J connectivity index is 1.86. The average Bonchev–Trinajstić information content (AvgIpc) is 2.78. The van der Waals surface area contributed by atoms with Crippen molar-refractivity contribution < 1.29 is 14.0 Å². The fourth-order valence-corrected chi connectivity index (χ4v) is 3.03. The van der Waals surface area contributed by atoms with Crippen molar-refractivity contribution >= 4 is 46.8 Å². The van der Waals surface area contributed by atoms with Gasteiger partial charge in [-0.25, -0.2) is 9.37 Å². The van der Waals surface area contributed by atoms with Crippen LogP contribution in [0.3, 0.4) is 0 Å². The summed E-state index contributed by atoms with van der Waals surface area (Å²) in [5, 5.41) is 10.1. The molecular weight excluding hydrogens is 437 g/mol. The number of nitrogens with two attached hydrogens (primary N) is 2. The van der Waals surface area contributed by atoms with Crippen LogP contribution in [0.2, 0.25) is 5.02 Å². The smallest absolute Gasteiger partial charge is 0.314 e. The summed E-state index contributed by atoms with van der Waals surface area (Å²) in [5.41, 5.74) is 12.7. The zero-order chi connectivity index (χ0) is 23.3. The molecule has 0 radical (unpaired) electrons. The van der Waals surface area contributed by atoms with Crippen LogP contribution in [0.4, 0.5) is 21.6 Å². The van der Waals surface area contributed by atoms with E-state index >= 15 is 0 Å². The van der Waals surface area contributed by atoms with E-state index in [1.807, 2.05) is 0 Å². The molecule has 164 valence electrons. The number of hydrogen-bond acceptors (Lipinski definition) is 7. The number of amides is 2. The van der Waals surface area contributed by atoms with Gasteiger partial charge in [0, 0.05) is 19.0 Å². The predicted molar refractivity (Wildman–Crippen MR) is 119 cm³/mol. The van der Waals surface area contributed by atoms with E-state index < -0.39 is 17.6 Å². The average molecular weight is 456 g/mol. The molecule has 2 heterocycles. The maximum atomic E-state index is 13.3. The third kappa shape index (κ3) is 5.16. The van der Waals surface area contributed by atoms with Crippen LogP contribution in [-0.4, -0.2) is 32.9 Å². The first-order chi connectivity index (χ1) is 15.3. The molecule has 2 aromatic heterocycles. The lowest BCUT2D eigenvalue weighted by Crippen LogP contribution is -2.39. The Morgan fingerprint density at radius 1 is 1.16 bits per heavy atom. The molecule has 3 aromatic rings. The molecule has 0 atom stereocenters. The van der Waals surface area contributed by atoms with Gasteiger partial charge >= 0.3 is 11.8 Å². The molecule has 6 N–H and O–H groups in total. The first-order valence-electron chi connectivity index (χ1n) is 9.28. The van der Waals surface area contributed by atoms with Crippen LogP contribution >= 0.6 is 11.6 Å². The Labute approximate surface area is 187 Å². The Bertz CT molecular complexity index is 1170. The number of nitrogens with zero attached hydrogens (tertiary/aromatic N) is 3. The lowest BCUT2D eigenvalue weighted by molar-refractivity contribution is -0.144. The number of aromatic nitrogens is 2. The largest absolute Gasteiger partial charge is 0.396 e. The van der Waals surface area contributed by atoms with Gasteiger partial charge in [-0.3, -0.25) is 14.6 Å². The summed E-state index contributed by atoms with van der Waals surface area (Å²) in [6.07, 6.45) is 3.61. The molecule has 1 aromatic carbocycles. The second-order valence-electron chi connectivity index (χ2n) is 6.70. The molecule has 9 nitrogen and oxygen atoms in total. The van der Waals surface area contributed by atoms with Crippen molar-refractivity contribution in [2.45, 2.75) is 13.1 Å². The minimum Gasteiger partial charge on any atom is -0.396 e. The number of rotatable bonds is 6. The predicted octanol–water partition coefficient (Wildman–Crippen LogP) is 2.60. The van der Waals surface area contributed by atoms with Gasteiger partial charge in [-0.1, -0.05) is 23.7 Å². The first kappa shape index (κ1) is 22.6. The van der Waals surface area contributed by atoms with Gasteiger partial charge in [0.1, 0.15) is 11.6 Å². The van der Waals surface area contributed by atoms with Crippen LogP contribution in [0, 0.1) is 11.2 Å². The molecule has 0 unspecified atom stereocenters. The number of carbonyl (C=O) groups excluding carboxylic acids is 2. The third-order valence-electron chi connectivity index (χ3n) is 4.53. The van der Waals surface area contributed by atoms with Crippen molar-refractivity contribution in [2.75, 3.05) is 16.8 Å². The van der Waals surface area contributed by atoms with Crippen molar-refractivity contribution in [2.24, 2.45) is 0 Å². The second-order valence-corrected chi connectivity index (χ2v) is 7.11. The molecule has 32 heavy (non-hydrogen) atoms. The number of nitrogens with one attached hydrogen (secondary N) is 2. The van der Waals surface area contributed by atoms with Gasteiger partial charge in [0.05, 0.1) is 40.4 Å². The van der Waals surface area contributed by atoms with Gasteiger partial charge in [-0.15, -0.1) is 0 Å². The molecule has 11 heteroatoms. The third-order valence-corrected chi connectivity index (χ3v) is 4.87. The Kier molecular flexibility index (Phi) is 6.96. The lowest BCUT2D eigenvalue weighted by atomic mass is 10.2. The number of halogens is 2. The van der Waals surface area contributed by atoms with Gasteiger partial charge in [-0.2, -0.15) is 0 Å². The highest BCUT2D eigenvalue weighted by Gasteiger charge is 2.25. The molecule has 0 spiro atoms. The van der Waals surface area contributed by atoms with E-state index in [0.29, 0.717) is 16.3 Å². The minimum atomic E-state index is -0.992. The normalized spacial score (nSPS) is 10.4. The SMILES string of the molecule is N=Cc1c(N)ncc(NC(=O)C(=O)N(Cc2ccc(F)cc2)Cc2ncccc2Cl)c1N. The monoisotopic (exact) mass is 455 g/mol. The Hall–Kier alpha value is -4.05. The van der Waals surface area contributed by atoms with E-state index in [9.17, 15) is 14.0 Å². The number of hydrogen-bond donors (Lipinski definition) is 4.